The van der Waals surface area contributed by atoms with Crippen molar-refractivity contribution in [2.45, 2.75) is 24.5 Å². The molecule has 1 aliphatic rings. The second kappa shape index (κ2) is 5.82. The summed E-state index contributed by atoms with van der Waals surface area (Å²) in [6.07, 6.45) is -3.40. The highest BCUT2D eigenvalue weighted by molar-refractivity contribution is 6.17. The highest BCUT2D eigenvalue weighted by atomic mass is 35.5. The zero-order chi connectivity index (χ0) is 14.9. The van der Waals surface area contributed by atoms with Crippen molar-refractivity contribution in [1.82, 2.24) is 4.90 Å². The summed E-state index contributed by atoms with van der Waals surface area (Å²) in [5, 5.41) is 0. The zero-order valence-electron chi connectivity index (χ0n) is 11.5. The third-order valence-corrected chi connectivity index (χ3v) is 4.09. The van der Waals surface area contributed by atoms with E-state index >= 15 is 0 Å². The van der Waals surface area contributed by atoms with Gasteiger partial charge in [0.15, 0.2) is 0 Å². The van der Waals surface area contributed by atoms with Gasteiger partial charge in [-0.25, -0.2) is 0 Å². The van der Waals surface area contributed by atoms with Crippen molar-refractivity contribution in [3.05, 3.63) is 29.3 Å². The lowest BCUT2D eigenvalue weighted by molar-refractivity contribution is -0.138. The molecule has 0 aromatic heterocycles. The van der Waals surface area contributed by atoms with Gasteiger partial charge in [0.1, 0.15) is 0 Å². The highest BCUT2D eigenvalue weighted by Crippen LogP contribution is 2.36. The van der Waals surface area contributed by atoms with Gasteiger partial charge in [0.05, 0.1) is 5.56 Å². The second-order valence-electron chi connectivity index (χ2n) is 5.32. The molecule has 2 rings (SSSR count). The molecule has 0 radical (unpaired) electrons. The summed E-state index contributed by atoms with van der Waals surface area (Å²) in [6.45, 7) is 1.53. The number of halogens is 4. The first-order valence-corrected chi connectivity index (χ1v) is 7.04. The lowest BCUT2D eigenvalue weighted by Crippen LogP contribution is -2.31. The molecule has 0 aliphatic carbocycles. The molecule has 1 saturated heterocycles. The van der Waals surface area contributed by atoms with Gasteiger partial charge in [0, 0.05) is 30.7 Å². The standard InChI is InChI=1S/C14H18ClF3N2/c1-19(2)12-5-6-20(9-12)11-4-3-10(8-15)13(7-11)14(16,17)18/h3-4,7,12H,5-6,8-9H2,1-2H3. The van der Waals surface area contributed by atoms with Crippen LogP contribution < -0.4 is 4.90 Å². The molecule has 1 aromatic rings. The predicted octanol–water partition coefficient (Wildman–Crippen LogP) is 3.58. The summed E-state index contributed by atoms with van der Waals surface area (Å²) in [5.41, 5.74) is 0.125. The Hall–Kier alpha value is -0.940. The number of hydrogen-bond acceptors (Lipinski definition) is 2. The van der Waals surface area contributed by atoms with E-state index in [1.807, 2.05) is 19.0 Å². The van der Waals surface area contributed by atoms with Gasteiger partial charge in [0.2, 0.25) is 0 Å². The van der Waals surface area contributed by atoms with Crippen LogP contribution in [0.5, 0.6) is 0 Å². The molecule has 0 N–H and O–H groups in total. The Morgan fingerprint density at radius 3 is 2.55 bits per heavy atom. The van der Waals surface area contributed by atoms with Gasteiger partial charge in [-0.05, 0) is 38.2 Å². The fraction of sp³-hybridized carbons (Fsp3) is 0.571. The minimum atomic E-state index is -4.36. The number of rotatable bonds is 3. The van der Waals surface area contributed by atoms with Gasteiger partial charge in [-0.2, -0.15) is 13.2 Å². The van der Waals surface area contributed by atoms with Gasteiger partial charge in [0.25, 0.3) is 0 Å². The van der Waals surface area contributed by atoms with Gasteiger partial charge in [-0.15, -0.1) is 11.6 Å². The lowest BCUT2D eigenvalue weighted by Gasteiger charge is -2.23. The Morgan fingerprint density at radius 2 is 2.05 bits per heavy atom. The second-order valence-corrected chi connectivity index (χ2v) is 5.59. The molecule has 6 heteroatoms. The molecule has 20 heavy (non-hydrogen) atoms. The Balaban J connectivity index is 2.26. The van der Waals surface area contributed by atoms with Gasteiger partial charge in [-0.1, -0.05) is 6.07 Å². The fourth-order valence-electron chi connectivity index (χ4n) is 2.54. The first-order chi connectivity index (χ1) is 9.32. The number of alkyl halides is 4. The third kappa shape index (κ3) is 3.20. The SMILES string of the molecule is CN(C)C1CCN(c2ccc(CCl)c(C(F)(F)F)c2)C1. The number of benzene rings is 1. The van der Waals surface area contributed by atoms with Gasteiger partial charge >= 0.3 is 6.18 Å². The topological polar surface area (TPSA) is 6.48 Å². The molecule has 1 unspecified atom stereocenters. The molecular weight excluding hydrogens is 289 g/mol. The summed E-state index contributed by atoms with van der Waals surface area (Å²) in [4.78, 5) is 4.11. The van der Waals surface area contributed by atoms with Crippen molar-refractivity contribution in [1.29, 1.82) is 0 Å². The van der Waals surface area contributed by atoms with Crippen molar-refractivity contribution in [3.8, 4) is 0 Å². The van der Waals surface area contributed by atoms with Crippen LogP contribution in [0.25, 0.3) is 0 Å². The van der Waals surface area contributed by atoms with Crippen molar-refractivity contribution < 1.29 is 13.2 Å². The summed E-state index contributed by atoms with van der Waals surface area (Å²) >= 11 is 5.59. The van der Waals surface area contributed by atoms with Crippen LogP contribution in [0.15, 0.2) is 18.2 Å². The van der Waals surface area contributed by atoms with E-state index in [0.29, 0.717) is 11.7 Å². The van der Waals surface area contributed by atoms with E-state index in [2.05, 4.69) is 4.90 Å². The monoisotopic (exact) mass is 306 g/mol. The van der Waals surface area contributed by atoms with E-state index in [1.54, 1.807) is 6.07 Å². The maximum atomic E-state index is 13.0. The largest absolute Gasteiger partial charge is 0.416 e. The molecule has 0 saturated carbocycles. The molecule has 0 amide bonds. The number of anilines is 1. The van der Waals surface area contributed by atoms with Crippen LogP contribution in [0.4, 0.5) is 18.9 Å². The van der Waals surface area contributed by atoms with E-state index in [-0.39, 0.29) is 11.4 Å². The molecule has 0 spiro atoms. The Kier molecular flexibility index (Phi) is 4.49. The average Bonchev–Trinajstić information content (AvgIpc) is 2.86. The highest BCUT2D eigenvalue weighted by Gasteiger charge is 2.34. The quantitative estimate of drug-likeness (QED) is 0.788. The first kappa shape index (κ1) is 15.4. The summed E-state index contributed by atoms with van der Waals surface area (Å²) in [5.74, 6) is -0.130. The molecule has 1 fully saturated rings. The molecule has 112 valence electrons. The molecule has 1 atom stereocenters. The van der Waals surface area contributed by atoms with E-state index in [1.165, 1.54) is 12.1 Å². The van der Waals surface area contributed by atoms with Crippen molar-refractivity contribution in [2.24, 2.45) is 0 Å². The Labute approximate surface area is 122 Å². The smallest absolute Gasteiger partial charge is 0.370 e. The fourth-order valence-corrected chi connectivity index (χ4v) is 2.77. The number of nitrogens with zero attached hydrogens (tertiary/aromatic N) is 2. The lowest BCUT2D eigenvalue weighted by atomic mass is 10.1. The van der Waals surface area contributed by atoms with Crippen LogP contribution in [-0.2, 0) is 12.1 Å². The average molecular weight is 307 g/mol. The van der Waals surface area contributed by atoms with E-state index in [9.17, 15) is 13.2 Å². The zero-order valence-corrected chi connectivity index (χ0v) is 12.3. The molecule has 1 aromatic carbocycles. The third-order valence-electron chi connectivity index (χ3n) is 3.80. The Bertz CT molecular complexity index is 474. The first-order valence-electron chi connectivity index (χ1n) is 6.50. The van der Waals surface area contributed by atoms with Crippen molar-refractivity contribution in [2.75, 3.05) is 32.1 Å². The maximum Gasteiger partial charge on any atom is 0.416 e. The Morgan fingerprint density at radius 1 is 1.35 bits per heavy atom. The van der Waals surface area contributed by atoms with Crippen LogP contribution in [0.3, 0.4) is 0 Å². The van der Waals surface area contributed by atoms with E-state index < -0.39 is 11.7 Å². The van der Waals surface area contributed by atoms with Crippen LogP contribution in [0, 0.1) is 0 Å². The predicted molar refractivity (Wildman–Crippen MR) is 75.3 cm³/mol. The van der Waals surface area contributed by atoms with Crippen molar-refractivity contribution >= 4 is 17.3 Å². The van der Waals surface area contributed by atoms with Crippen LogP contribution in [0.2, 0.25) is 0 Å². The van der Waals surface area contributed by atoms with Crippen LogP contribution in [0.1, 0.15) is 17.5 Å². The molecule has 1 heterocycles. The normalized spacial score (nSPS) is 19.9. The molecule has 2 nitrogen and oxygen atoms in total. The van der Waals surface area contributed by atoms with Gasteiger partial charge in [-0.3, -0.25) is 0 Å². The molecule has 0 bridgehead atoms. The van der Waals surface area contributed by atoms with Crippen LogP contribution in [-0.4, -0.2) is 38.1 Å². The minimum Gasteiger partial charge on any atom is -0.370 e. The maximum absolute atomic E-state index is 13.0. The van der Waals surface area contributed by atoms with Crippen molar-refractivity contribution in [3.63, 3.8) is 0 Å². The van der Waals surface area contributed by atoms with Gasteiger partial charge < -0.3 is 9.80 Å². The van der Waals surface area contributed by atoms with Crippen LogP contribution >= 0.6 is 11.6 Å². The molecule has 1 aliphatic heterocycles. The summed E-state index contributed by atoms with van der Waals surface area (Å²) in [6, 6.07) is 4.81. The number of hydrogen-bond donors (Lipinski definition) is 0. The molecular formula is C14H18ClF3N2. The number of likely N-dealkylation sites (N-methyl/N-ethyl adjacent to an activating group) is 1. The minimum absolute atomic E-state index is 0.130. The summed E-state index contributed by atoms with van der Waals surface area (Å²) in [7, 11) is 3.98. The van der Waals surface area contributed by atoms with E-state index in [0.717, 1.165) is 19.5 Å². The van der Waals surface area contributed by atoms with E-state index in [4.69, 9.17) is 11.6 Å². The summed E-state index contributed by atoms with van der Waals surface area (Å²) < 4.78 is 39.1.